The van der Waals surface area contributed by atoms with Gasteiger partial charge in [0.2, 0.25) is 5.91 Å². The molecule has 140 valence electrons. The first-order valence-corrected chi connectivity index (χ1v) is 10.00. The molecule has 2 atom stereocenters. The highest BCUT2D eigenvalue weighted by Crippen LogP contribution is 2.44. The second-order valence-electron chi connectivity index (χ2n) is 6.90. The summed E-state index contributed by atoms with van der Waals surface area (Å²) in [4.78, 5) is 26.5. The molecule has 1 aromatic heterocycles. The fourth-order valence-electron chi connectivity index (χ4n) is 3.99. The molecule has 1 aliphatic heterocycles. The van der Waals surface area contributed by atoms with E-state index in [-0.39, 0.29) is 35.7 Å². The van der Waals surface area contributed by atoms with Gasteiger partial charge < -0.3 is 15.2 Å². The van der Waals surface area contributed by atoms with E-state index in [1.54, 1.807) is 29.5 Å². The Morgan fingerprint density at radius 3 is 2.81 bits per heavy atom. The number of ketones is 1. The smallest absolute Gasteiger partial charge is 0.225 e. The molecule has 4 rings (SSSR count). The van der Waals surface area contributed by atoms with E-state index in [1.165, 1.54) is 4.88 Å². The van der Waals surface area contributed by atoms with Gasteiger partial charge in [-0.15, -0.1) is 11.3 Å². The number of thiophene rings is 1. The number of ether oxygens (including phenoxy) is 1. The van der Waals surface area contributed by atoms with Crippen molar-refractivity contribution in [1.29, 1.82) is 0 Å². The van der Waals surface area contributed by atoms with Crippen molar-refractivity contribution in [3.05, 3.63) is 57.4 Å². The number of aromatic hydroxyl groups is 1. The van der Waals surface area contributed by atoms with Gasteiger partial charge in [-0.2, -0.15) is 0 Å². The summed E-state index contributed by atoms with van der Waals surface area (Å²) in [7, 11) is 0. The van der Waals surface area contributed by atoms with Crippen molar-refractivity contribution in [2.75, 3.05) is 6.61 Å². The van der Waals surface area contributed by atoms with Crippen molar-refractivity contribution >= 4 is 23.0 Å². The number of carbonyl (C=O) groups is 2. The summed E-state index contributed by atoms with van der Waals surface area (Å²) in [5.41, 5.74) is 2.27. The predicted molar refractivity (Wildman–Crippen MR) is 103 cm³/mol. The van der Waals surface area contributed by atoms with Crippen molar-refractivity contribution < 1.29 is 19.4 Å². The molecule has 2 unspecified atom stereocenters. The molecule has 2 aromatic rings. The fraction of sp³-hybridized carbons (Fsp3) is 0.333. The van der Waals surface area contributed by atoms with E-state index in [9.17, 15) is 14.7 Å². The van der Waals surface area contributed by atoms with Gasteiger partial charge in [0.1, 0.15) is 0 Å². The Labute approximate surface area is 161 Å². The molecule has 6 heteroatoms. The molecule has 1 aromatic carbocycles. The Morgan fingerprint density at radius 2 is 2.07 bits per heavy atom. The number of Topliss-reactive ketones (excluding diaryl/α,β-unsaturated/α-hetero) is 1. The Morgan fingerprint density at radius 1 is 1.22 bits per heavy atom. The SMILES string of the molecule is CCOc1cc(C2CC(=O)NC3=C2C(=O)CC(c2cccs2)C3)ccc1O. The molecule has 2 aliphatic rings. The first-order chi connectivity index (χ1) is 13.1. The van der Waals surface area contributed by atoms with Gasteiger partial charge in [0.15, 0.2) is 17.3 Å². The van der Waals surface area contributed by atoms with Crippen LogP contribution in [0.5, 0.6) is 11.5 Å². The zero-order chi connectivity index (χ0) is 19.0. The standard InChI is InChI=1S/C21H21NO4S/c1-2-26-18-10-12(5-6-16(18)23)14-11-20(25)22-15-8-13(9-17(24)21(14)15)19-4-3-7-27-19/h3-7,10,13-14,23H,2,8-9,11H2,1H3,(H,22,25). The third-order valence-electron chi connectivity index (χ3n) is 5.17. The Hall–Kier alpha value is -2.60. The molecule has 2 N–H and O–H groups in total. The minimum Gasteiger partial charge on any atom is -0.504 e. The Kier molecular flexibility index (Phi) is 4.74. The number of allylic oxidation sites excluding steroid dienone is 2. The van der Waals surface area contributed by atoms with E-state index in [2.05, 4.69) is 5.32 Å². The average molecular weight is 383 g/mol. The van der Waals surface area contributed by atoms with Crippen molar-refractivity contribution in [2.24, 2.45) is 0 Å². The lowest BCUT2D eigenvalue weighted by Crippen LogP contribution is -2.38. The van der Waals surface area contributed by atoms with Crippen LogP contribution in [0.1, 0.15) is 48.5 Å². The van der Waals surface area contributed by atoms with Crippen molar-refractivity contribution in [1.82, 2.24) is 5.32 Å². The number of rotatable bonds is 4. The number of phenolic OH excluding ortho intramolecular Hbond substituents is 1. The number of hydrogen-bond acceptors (Lipinski definition) is 5. The quantitative estimate of drug-likeness (QED) is 0.841. The van der Waals surface area contributed by atoms with Gasteiger partial charge in [-0.1, -0.05) is 12.1 Å². The molecular formula is C21H21NO4S. The third-order valence-corrected chi connectivity index (χ3v) is 6.20. The number of nitrogens with one attached hydrogen (secondary N) is 1. The number of benzene rings is 1. The van der Waals surface area contributed by atoms with E-state index < -0.39 is 0 Å². The van der Waals surface area contributed by atoms with Crippen LogP contribution in [0.4, 0.5) is 0 Å². The Bertz CT molecular complexity index is 916. The van der Waals surface area contributed by atoms with Gasteiger partial charge in [0, 0.05) is 40.8 Å². The molecule has 0 saturated heterocycles. The number of phenols is 1. The summed E-state index contributed by atoms with van der Waals surface area (Å²) in [5.74, 6) is 0.264. The lowest BCUT2D eigenvalue weighted by molar-refractivity contribution is -0.122. The van der Waals surface area contributed by atoms with E-state index in [1.807, 2.05) is 24.4 Å². The van der Waals surface area contributed by atoms with E-state index in [0.717, 1.165) is 11.3 Å². The third kappa shape index (κ3) is 3.37. The van der Waals surface area contributed by atoms with Crippen LogP contribution in [0.3, 0.4) is 0 Å². The summed E-state index contributed by atoms with van der Waals surface area (Å²) < 4.78 is 5.47. The van der Waals surface area contributed by atoms with Crippen LogP contribution < -0.4 is 10.1 Å². The van der Waals surface area contributed by atoms with Gasteiger partial charge >= 0.3 is 0 Å². The maximum atomic E-state index is 13.0. The monoisotopic (exact) mass is 383 g/mol. The fourth-order valence-corrected chi connectivity index (χ4v) is 4.82. The summed E-state index contributed by atoms with van der Waals surface area (Å²) in [6.45, 7) is 2.27. The van der Waals surface area contributed by atoms with Crippen LogP contribution in [-0.2, 0) is 9.59 Å². The maximum absolute atomic E-state index is 13.0. The van der Waals surface area contributed by atoms with Crippen molar-refractivity contribution in [3.63, 3.8) is 0 Å². The summed E-state index contributed by atoms with van der Waals surface area (Å²) in [6.07, 6.45) is 1.35. The lowest BCUT2D eigenvalue weighted by Gasteiger charge is -2.34. The average Bonchev–Trinajstić information content (AvgIpc) is 3.17. The molecule has 0 spiro atoms. The molecule has 1 aliphatic carbocycles. The minimum atomic E-state index is -0.301. The molecular weight excluding hydrogens is 362 g/mol. The first kappa shape index (κ1) is 17.8. The highest BCUT2D eigenvalue weighted by atomic mass is 32.1. The summed E-state index contributed by atoms with van der Waals surface area (Å²) in [6, 6.07) is 9.11. The van der Waals surface area contributed by atoms with Gasteiger partial charge in [0.25, 0.3) is 0 Å². The van der Waals surface area contributed by atoms with Crippen LogP contribution in [0, 0.1) is 0 Å². The predicted octanol–water partition coefficient (Wildman–Crippen LogP) is 3.86. The molecule has 1 amide bonds. The molecule has 0 saturated carbocycles. The zero-order valence-electron chi connectivity index (χ0n) is 15.0. The minimum absolute atomic E-state index is 0.0581. The second-order valence-corrected chi connectivity index (χ2v) is 7.88. The molecule has 0 radical (unpaired) electrons. The maximum Gasteiger partial charge on any atom is 0.225 e. The first-order valence-electron chi connectivity index (χ1n) is 9.12. The molecule has 27 heavy (non-hydrogen) atoms. The number of hydrogen-bond donors (Lipinski definition) is 2. The van der Waals surface area contributed by atoms with Gasteiger partial charge in [0.05, 0.1) is 6.61 Å². The van der Waals surface area contributed by atoms with Gasteiger partial charge in [-0.3, -0.25) is 9.59 Å². The van der Waals surface area contributed by atoms with Crippen LogP contribution >= 0.6 is 11.3 Å². The topological polar surface area (TPSA) is 75.6 Å². The van der Waals surface area contributed by atoms with Crippen LogP contribution in [0.2, 0.25) is 0 Å². The molecule has 2 heterocycles. The zero-order valence-corrected chi connectivity index (χ0v) is 15.8. The van der Waals surface area contributed by atoms with Crippen LogP contribution in [0.25, 0.3) is 0 Å². The van der Waals surface area contributed by atoms with Crippen LogP contribution in [0.15, 0.2) is 47.0 Å². The normalized spacial score (nSPS) is 22.4. The van der Waals surface area contributed by atoms with Crippen LogP contribution in [-0.4, -0.2) is 23.4 Å². The van der Waals surface area contributed by atoms with Crippen molar-refractivity contribution in [3.8, 4) is 11.5 Å². The molecule has 0 fully saturated rings. The summed E-state index contributed by atoms with van der Waals surface area (Å²) in [5, 5.41) is 14.9. The largest absolute Gasteiger partial charge is 0.504 e. The number of carbonyl (C=O) groups excluding carboxylic acids is 2. The van der Waals surface area contributed by atoms with Gasteiger partial charge in [-0.25, -0.2) is 0 Å². The lowest BCUT2D eigenvalue weighted by atomic mass is 9.74. The van der Waals surface area contributed by atoms with E-state index in [0.29, 0.717) is 30.8 Å². The number of amides is 1. The van der Waals surface area contributed by atoms with E-state index >= 15 is 0 Å². The molecule has 5 nitrogen and oxygen atoms in total. The van der Waals surface area contributed by atoms with Crippen molar-refractivity contribution in [2.45, 2.75) is 38.0 Å². The molecule has 0 bridgehead atoms. The van der Waals surface area contributed by atoms with Gasteiger partial charge in [-0.05, 0) is 42.5 Å². The Balaban J connectivity index is 1.72. The highest BCUT2D eigenvalue weighted by molar-refractivity contribution is 7.10. The summed E-state index contributed by atoms with van der Waals surface area (Å²) >= 11 is 1.65. The second kappa shape index (κ2) is 7.19. The highest BCUT2D eigenvalue weighted by Gasteiger charge is 2.38. The van der Waals surface area contributed by atoms with E-state index in [4.69, 9.17) is 4.74 Å².